The van der Waals surface area contributed by atoms with Crippen LogP contribution in [-0.2, 0) is 6.42 Å². The van der Waals surface area contributed by atoms with Crippen LogP contribution in [0.3, 0.4) is 0 Å². The van der Waals surface area contributed by atoms with Crippen LogP contribution in [0.4, 0.5) is 0 Å². The SMILES string of the molecule is CC(N)CC1=CCc2ccccc21. The fourth-order valence-corrected chi connectivity index (χ4v) is 1.89. The molecule has 1 aliphatic carbocycles. The van der Waals surface area contributed by atoms with Crippen molar-refractivity contribution in [1.29, 1.82) is 0 Å². The van der Waals surface area contributed by atoms with Crippen LogP contribution in [0, 0.1) is 0 Å². The predicted octanol–water partition coefficient (Wildman–Crippen LogP) is 2.36. The molecule has 2 N–H and O–H groups in total. The van der Waals surface area contributed by atoms with Crippen molar-refractivity contribution < 1.29 is 0 Å². The summed E-state index contributed by atoms with van der Waals surface area (Å²) in [4.78, 5) is 0. The van der Waals surface area contributed by atoms with E-state index in [2.05, 4.69) is 37.3 Å². The molecule has 0 radical (unpaired) electrons. The molecule has 13 heavy (non-hydrogen) atoms. The van der Waals surface area contributed by atoms with Gasteiger partial charge in [0.05, 0.1) is 0 Å². The summed E-state index contributed by atoms with van der Waals surface area (Å²) in [7, 11) is 0. The van der Waals surface area contributed by atoms with Gasteiger partial charge in [-0.2, -0.15) is 0 Å². The lowest BCUT2D eigenvalue weighted by Gasteiger charge is -2.07. The molecule has 1 aromatic rings. The van der Waals surface area contributed by atoms with Crippen molar-refractivity contribution in [3.05, 3.63) is 41.5 Å². The van der Waals surface area contributed by atoms with Crippen LogP contribution in [0.1, 0.15) is 24.5 Å². The van der Waals surface area contributed by atoms with Crippen LogP contribution in [0.15, 0.2) is 30.3 Å². The largest absolute Gasteiger partial charge is 0.328 e. The van der Waals surface area contributed by atoms with Gasteiger partial charge in [-0.15, -0.1) is 0 Å². The smallest absolute Gasteiger partial charge is 0.00510 e. The average Bonchev–Trinajstić information content (AvgIpc) is 2.48. The fourth-order valence-electron chi connectivity index (χ4n) is 1.89. The maximum atomic E-state index is 5.79. The van der Waals surface area contributed by atoms with Crippen LogP contribution in [0.5, 0.6) is 0 Å². The van der Waals surface area contributed by atoms with Gasteiger partial charge in [-0.25, -0.2) is 0 Å². The van der Waals surface area contributed by atoms with Crippen molar-refractivity contribution in [1.82, 2.24) is 0 Å². The number of fused-ring (bicyclic) bond motifs is 1. The van der Waals surface area contributed by atoms with E-state index in [1.807, 2.05) is 0 Å². The van der Waals surface area contributed by atoms with Gasteiger partial charge in [0.15, 0.2) is 0 Å². The molecule has 0 spiro atoms. The normalized spacial score (nSPS) is 16.6. The Morgan fingerprint density at radius 1 is 1.38 bits per heavy atom. The van der Waals surface area contributed by atoms with Crippen LogP contribution in [-0.4, -0.2) is 6.04 Å². The molecule has 1 aliphatic rings. The summed E-state index contributed by atoms with van der Waals surface area (Å²) < 4.78 is 0. The number of rotatable bonds is 2. The summed E-state index contributed by atoms with van der Waals surface area (Å²) in [6, 6.07) is 8.84. The molecule has 0 saturated heterocycles. The first-order valence-corrected chi connectivity index (χ1v) is 4.80. The van der Waals surface area contributed by atoms with E-state index in [1.165, 1.54) is 16.7 Å². The van der Waals surface area contributed by atoms with Gasteiger partial charge in [0.2, 0.25) is 0 Å². The molecule has 1 unspecified atom stereocenters. The van der Waals surface area contributed by atoms with Gasteiger partial charge in [-0.3, -0.25) is 0 Å². The Kier molecular flexibility index (Phi) is 2.19. The van der Waals surface area contributed by atoms with Gasteiger partial charge in [0.25, 0.3) is 0 Å². The van der Waals surface area contributed by atoms with Crippen molar-refractivity contribution in [3.63, 3.8) is 0 Å². The highest BCUT2D eigenvalue weighted by atomic mass is 14.6. The standard InChI is InChI=1S/C12H15N/c1-9(13)8-11-7-6-10-4-2-3-5-12(10)11/h2-5,7,9H,6,8,13H2,1H3. The predicted molar refractivity (Wildman–Crippen MR) is 56.4 cm³/mol. The number of allylic oxidation sites excluding steroid dienone is 1. The minimum atomic E-state index is 0.261. The molecule has 0 aromatic heterocycles. The van der Waals surface area contributed by atoms with Crippen LogP contribution in [0.2, 0.25) is 0 Å². The molecule has 0 amide bonds. The molecular formula is C12H15N. The third-order valence-corrected chi connectivity index (χ3v) is 2.47. The molecule has 2 rings (SSSR count). The zero-order chi connectivity index (χ0) is 9.26. The zero-order valence-corrected chi connectivity index (χ0v) is 7.96. The minimum Gasteiger partial charge on any atom is -0.328 e. The summed E-state index contributed by atoms with van der Waals surface area (Å²) in [5.41, 5.74) is 10.1. The van der Waals surface area contributed by atoms with Crippen LogP contribution >= 0.6 is 0 Å². The van der Waals surface area contributed by atoms with Crippen molar-refractivity contribution in [3.8, 4) is 0 Å². The molecule has 1 aromatic carbocycles. The van der Waals surface area contributed by atoms with Gasteiger partial charge < -0.3 is 5.73 Å². The van der Waals surface area contributed by atoms with E-state index >= 15 is 0 Å². The van der Waals surface area contributed by atoms with E-state index in [0.717, 1.165) is 12.8 Å². The number of hydrogen-bond acceptors (Lipinski definition) is 1. The first kappa shape index (κ1) is 8.52. The van der Waals surface area contributed by atoms with Gasteiger partial charge in [-0.1, -0.05) is 30.3 Å². The Morgan fingerprint density at radius 2 is 2.15 bits per heavy atom. The van der Waals surface area contributed by atoms with Crippen molar-refractivity contribution in [2.75, 3.05) is 0 Å². The second kappa shape index (κ2) is 3.35. The maximum absolute atomic E-state index is 5.79. The zero-order valence-electron chi connectivity index (χ0n) is 7.96. The molecule has 0 fully saturated rings. The second-order valence-electron chi connectivity index (χ2n) is 3.77. The molecule has 1 atom stereocenters. The monoisotopic (exact) mass is 173 g/mol. The number of benzene rings is 1. The summed E-state index contributed by atoms with van der Waals surface area (Å²) in [6.45, 7) is 2.06. The Morgan fingerprint density at radius 3 is 2.92 bits per heavy atom. The van der Waals surface area contributed by atoms with Gasteiger partial charge in [0.1, 0.15) is 0 Å². The van der Waals surface area contributed by atoms with E-state index in [1.54, 1.807) is 0 Å². The van der Waals surface area contributed by atoms with Crippen molar-refractivity contribution >= 4 is 5.57 Å². The highest BCUT2D eigenvalue weighted by molar-refractivity contribution is 5.73. The molecule has 0 heterocycles. The molecule has 0 aliphatic heterocycles. The van der Waals surface area contributed by atoms with Crippen LogP contribution in [0.25, 0.3) is 5.57 Å². The second-order valence-corrected chi connectivity index (χ2v) is 3.77. The first-order valence-electron chi connectivity index (χ1n) is 4.80. The van der Waals surface area contributed by atoms with E-state index < -0.39 is 0 Å². The van der Waals surface area contributed by atoms with E-state index in [-0.39, 0.29) is 6.04 Å². The third-order valence-electron chi connectivity index (χ3n) is 2.47. The Labute approximate surface area is 79.3 Å². The Hall–Kier alpha value is -1.08. The minimum absolute atomic E-state index is 0.261. The lowest BCUT2D eigenvalue weighted by Crippen LogP contribution is -2.14. The van der Waals surface area contributed by atoms with E-state index in [4.69, 9.17) is 5.73 Å². The summed E-state index contributed by atoms with van der Waals surface area (Å²) in [6.07, 6.45) is 4.38. The maximum Gasteiger partial charge on any atom is 0.00510 e. The lowest BCUT2D eigenvalue weighted by atomic mass is 10.0. The Balaban J connectivity index is 2.26. The van der Waals surface area contributed by atoms with Crippen molar-refractivity contribution in [2.24, 2.45) is 5.73 Å². The quantitative estimate of drug-likeness (QED) is 0.730. The molecule has 0 bridgehead atoms. The van der Waals surface area contributed by atoms with Crippen LogP contribution < -0.4 is 5.73 Å². The van der Waals surface area contributed by atoms with Crippen molar-refractivity contribution in [2.45, 2.75) is 25.8 Å². The van der Waals surface area contributed by atoms with E-state index in [9.17, 15) is 0 Å². The summed E-state index contributed by atoms with van der Waals surface area (Å²) in [5.74, 6) is 0. The molecule has 0 saturated carbocycles. The summed E-state index contributed by atoms with van der Waals surface area (Å²) in [5, 5.41) is 0. The molecule has 1 nitrogen and oxygen atoms in total. The number of hydrogen-bond donors (Lipinski definition) is 1. The topological polar surface area (TPSA) is 26.0 Å². The third kappa shape index (κ3) is 1.65. The van der Waals surface area contributed by atoms with Gasteiger partial charge in [-0.05, 0) is 36.5 Å². The molecule has 68 valence electrons. The van der Waals surface area contributed by atoms with Gasteiger partial charge >= 0.3 is 0 Å². The fraction of sp³-hybridized carbons (Fsp3) is 0.333. The highest BCUT2D eigenvalue weighted by Gasteiger charge is 2.13. The number of nitrogens with two attached hydrogens (primary N) is 1. The molecule has 1 heteroatoms. The van der Waals surface area contributed by atoms with E-state index in [0.29, 0.717) is 0 Å². The average molecular weight is 173 g/mol. The Bertz CT molecular complexity index is 337. The lowest BCUT2D eigenvalue weighted by molar-refractivity contribution is 0.768. The van der Waals surface area contributed by atoms with Gasteiger partial charge in [0, 0.05) is 6.04 Å². The highest BCUT2D eigenvalue weighted by Crippen LogP contribution is 2.29. The summed E-state index contributed by atoms with van der Waals surface area (Å²) >= 11 is 0. The molecular weight excluding hydrogens is 158 g/mol. The first-order chi connectivity index (χ1) is 6.27.